The van der Waals surface area contributed by atoms with E-state index in [1.165, 1.54) is 12.8 Å². The first-order valence-corrected chi connectivity index (χ1v) is 8.31. The number of halogens is 3. The van der Waals surface area contributed by atoms with Gasteiger partial charge in [-0.1, -0.05) is 29.3 Å². The molecule has 1 fully saturated rings. The molecule has 2 aromatic carbocycles. The molecule has 0 amide bonds. The predicted molar refractivity (Wildman–Crippen MR) is 90.5 cm³/mol. The van der Waals surface area contributed by atoms with Crippen molar-refractivity contribution < 1.29 is 4.74 Å². The lowest BCUT2D eigenvalue weighted by atomic mass is 10.2. The summed E-state index contributed by atoms with van der Waals surface area (Å²) in [5.74, 6) is 1.48. The fourth-order valence-corrected chi connectivity index (χ4v) is 2.91. The highest BCUT2D eigenvalue weighted by atomic mass is 79.9. The van der Waals surface area contributed by atoms with Crippen LogP contribution in [0, 0.1) is 0 Å². The number of rotatable bonds is 5. The summed E-state index contributed by atoms with van der Waals surface area (Å²) < 4.78 is 6.81. The van der Waals surface area contributed by atoms with Gasteiger partial charge in [0.25, 0.3) is 0 Å². The molecule has 2 aromatic rings. The summed E-state index contributed by atoms with van der Waals surface area (Å²) in [7, 11) is 0. The first-order chi connectivity index (χ1) is 10.1. The van der Waals surface area contributed by atoms with Crippen LogP contribution in [0.1, 0.15) is 18.4 Å². The van der Waals surface area contributed by atoms with E-state index in [1.54, 1.807) is 6.07 Å². The van der Waals surface area contributed by atoms with Crippen LogP contribution in [0.5, 0.6) is 11.5 Å². The molecule has 0 radical (unpaired) electrons. The Morgan fingerprint density at radius 3 is 2.48 bits per heavy atom. The van der Waals surface area contributed by atoms with Gasteiger partial charge in [-0.05, 0) is 59.1 Å². The van der Waals surface area contributed by atoms with Gasteiger partial charge in [0.2, 0.25) is 0 Å². The van der Waals surface area contributed by atoms with Crippen molar-refractivity contribution in [2.24, 2.45) is 0 Å². The zero-order valence-electron chi connectivity index (χ0n) is 11.2. The van der Waals surface area contributed by atoms with Crippen molar-refractivity contribution in [3.63, 3.8) is 0 Å². The molecule has 1 saturated carbocycles. The number of ether oxygens (including phenoxy) is 1. The molecular formula is C16H14BrCl2NO. The highest BCUT2D eigenvalue weighted by Gasteiger charge is 2.20. The lowest BCUT2D eigenvalue weighted by Gasteiger charge is -2.13. The van der Waals surface area contributed by atoms with Crippen LogP contribution >= 0.6 is 39.1 Å². The van der Waals surface area contributed by atoms with E-state index in [2.05, 4.69) is 21.2 Å². The number of benzene rings is 2. The quantitative estimate of drug-likeness (QED) is 0.700. The second-order valence-electron chi connectivity index (χ2n) is 5.08. The third kappa shape index (κ3) is 4.13. The molecule has 21 heavy (non-hydrogen) atoms. The molecule has 0 heterocycles. The molecule has 0 bridgehead atoms. The van der Waals surface area contributed by atoms with Gasteiger partial charge in [0.15, 0.2) is 0 Å². The van der Waals surface area contributed by atoms with E-state index in [9.17, 15) is 0 Å². The molecule has 3 rings (SSSR count). The smallest absolute Gasteiger partial charge is 0.141 e. The zero-order valence-corrected chi connectivity index (χ0v) is 14.3. The summed E-state index contributed by atoms with van der Waals surface area (Å²) in [5.41, 5.74) is 1.09. The van der Waals surface area contributed by atoms with Crippen molar-refractivity contribution in [1.29, 1.82) is 0 Å². The first kappa shape index (κ1) is 15.2. The van der Waals surface area contributed by atoms with Crippen LogP contribution in [-0.4, -0.2) is 6.04 Å². The van der Waals surface area contributed by atoms with E-state index >= 15 is 0 Å². The van der Waals surface area contributed by atoms with Gasteiger partial charge in [0.1, 0.15) is 11.5 Å². The number of hydrogen-bond donors (Lipinski definition) is 1. The van der Waals surface area contributed by atoms with Gasteiger partial charge < -0.3 is 10.1 Å². The largest absolute Gasteiger partial charge is 0.456 e. The van der Waals surface area contributed by atoms with E-state index in [1.807, 2.05) is 30.3 Å². The lowest BCUT2D eigenvalue weighted by molar-refractivity contribution is 0.470. The van der Waals surface area contributed by atoms with Crippen molar-refractivity contribution >= 4 is 39.1 Å². The highest BCUT2D eigenvalue weighted by molar-refractivity contribution is 9.10. The van der Waals surface area contributed by atoms with E-state index in [0.717, 1.165) is 22.3 Å². The molecule has 0 atom stereocenters. The lowest BCUT2D eigenvalue weighted by Crippen LogP contribution is -2.15. The minimum Gasteiger partial charge on any atom is -0.456 e. The standard InChI is InChI=1S/C16H14BrCl2NO/c17-14-7-11(18)3-6-15(14)21-16-8-12(19)2-1-10(16)9-20-13-4-5-13/h1-3,6-8,13,20H,4-5,9H2. The first-order valence-electron chi connectivity index (χ1n) is 6.76. The van der Waals surface area contributed by atoms with Crippen molar-refractivity contribution in [2.45, 2.75) is 25.4 Å². The Kier molecular flexibility index (Phi) is 4.75. The van der Waals surface area contributed by atoms with E-state index in [-0.39, 0.29) is 0 Å². The van der Waals surface area contributed by atoms with Crippen molar-refractivity contribution in [2.75, 3.05) is 0 Å². The van der Waals surface area contributed by atoms with Gasteiger partial charge >= 0.3 is 0 Å². The molecule has 0 spiro atoms. The Bertz CT molecular complexity index is 659. The maximum absolute atomic E-state index is 6.09. The highest BCUT2D eigenvalue weighted by Crippen LogP contribution is 2.35. The minimum atomic E-state index is 0.649. The molecule has 5 heteroatoms. The van der Waals surface area contributed by atoms with Crippen LogP contribution in [0.4, 0.5) is 0 Å². The Labute approximate surface area is 142 Å². The van der Waals surface area contributed by atoms with Crippen LogP contribution in [0.3, 0.4) is 0 Å². The van der Waals surface area contributed by atoms with Gasteiger partial charge in [0, 0.05) is 28.2 Å². The second kappa shape index (κ2) is 6.57. The van der Waals surface area contributed by atoms with Crippen LogP contribution in [0.15, 0.2) is 40.9 Å². The molecule has 1 aliphatic carbocycles. The molecule has 1 aliphatic rings. The fraction of sp³-hybridized carbons (Fsp3) is 0.250. The Hall–Kier alpha value is -0.740. The normalized spacial score (nSPS) is 14.2. The maximum Gasteiger partial charge on any atom is 0.141 e. The van der Waals surface area contributed by atoms with E-state index in [0.29, 0.717) is 21.8 Å². The third-order valence-electron chi connectivity index (χ3n) is 3.30. The van der Waals surface area contributed by atoms with Crippen LogP contribution < -0.4 is 10.1 Å². The average Bonchev–Trinajstić information content (AvgIpc) is 3.25. The monoisotopic (exact) mass is 385 g/mol. The summed E-state index contributed by atoms with van der Waals surface area (Å²) in [5, 5.41) is 4.81. The van der Waals surface area contributed by atoms with Crippen LogP contribution in [0.2, 0.25) is 10.0 Å². The molecule has 0 aliphatic heterocycles. The molecule has 0 aromatic heterocycles. The molecule has 2 nitrogen and oxygen atoms in total. The summed E-state index contributed by atoms with van der Waals surface area (Å²) in [4.78, 5) is 0. The van der Waals surface area contributed by atoms with Gasteiger partial charge in [-0.3, -0.25) is 0 Å². The van der Waals surface area contributed by atoms with E-state index in [4.69, 9.17) is 27.9 Å². The Morgan fingerprint density at radius 1 is 1.05 bits per heavy atom. The van der Waals surface area contributed by atoms with E-state index < -0.39 is 0 Å². The molecular weight excluding hydrogens is 373 g/mol. The molecule has 0 saturated heterocycles. The van der Waals surface area contributed by atoms with Crippen LogP contribution in [-0.2, 0) is 6.54 Å². The Balaban J connectivity index is 1.83. The SMILES string of the molecule is Clc1ccc(Oc2cc(Cl)ccc2CNC2CC2)c(Br)c1. The molecule has 0 unspecified atom stereocenters. The molecule has 110 valence electrons. The summed E-state index contributed by atoms with van der Waals surface area (Å²) in [6.45, 7) is 0.780. The topological polar surface area (TPSA) is 21.3 Å². The second-order valence-corrected chi connectivity index (χ2v) is 6.81. The maximum atomic E-state index is 6.09. The molecule has 1 N–H and O–H groups in total. The third-order valence-corrected chi connectivity index (χ3v) is 4.39. The summed E-state index contributed by atoms with van der Waals surface area (Å²) in [6.07, 6.45) is 2.51. The van der Waals surface area contributed by atoms with Gasteiger partial charge in [-0.2, -0.15) is 0 Å². The number of hydrogen-bond acceptors (Lipinski definition) is 2. The van der Waals surface area contributed by atoms with Gasteiger partial charge in [0.05, 0.1) is 4.47 Å². The van der Waals surface area contributed by atoms with Gasteiger partial charge in [-0.15, -0.1) is 0 Å². The number of nitrogens with one attached hydrogen (secondary N) is 1. The average molecular weight is 387 g/mol. The van der Waals surface area contributed by atoms with Crippen molar-refractivity contribution in [3.05, 3.63) is 56.5 Å². The van der Waals surface area contributed by atoms with Gasteiger partial charge in [-0.25, -0.2) is 0 Å². The predicted octanol–water partition coefficient (Wildman–Crippen LogP) is 5.80. The summed E-state index contributed by atoms with van der Waals surface area (Å²) >= 11 is 15.5. The Morgan fingerprint density at radius 2 is 1.76 bits per heavy atom. The minimum absolute atomic E-state index is 0.649. The zero-order chi connectivity index (χ0) is 14.8. The van der Waals surface area contributed by atoms with Crippen molar-refractivity contribution in [1.82, 2.24) is 5.32 Å². The summed E-state index contributed by atoms with van der Waals surface area (Å²) in [6, 6.07) is 11.8. The fourth-order valence-electron chi connectivity index (χ4n) is 1.99. The van der Waals surface area contributed by atoms with Crippen LogP contribution in [0.25, 0.3) is 0 Å². The van der Waals surface area contributed by atoms with Crippen molar-refractivity contribution in [3.8, 4) is 11.5 Å².